The van der Waals surface area contributed by atoms with Crippen LogP contribution in [0.25, 0.3) is 0 Å². The maximum absolute atomic E-state index is 6.31. The van der Waals surface area contributed by atoms with Crippen LogP contribution < -0.4 is 10.2 Å². The molecule has 2 aliphatic heterocycles. The summed E-state index contributed by atoms with van der Waals surface area (Å²) in [7, 11) is -0.339. The van der Waals surface area contributed by atoms with Crippen LogP contribution in [0.5, 0.6) is 5.75 Å². The van der Waals surface area contributed by atoms with Crippen molar-refractivity contribution in [3.8, 4) is 5.75 Å². The van der Waals surface area contributed by atoms with Crippen molar-refractivity contribution in [3.63, 3.8) is 0 Å². The van der Waals surface area contributed by atoms with Crippen molar-refractivity contribution in [1.29, 1.82) is 0 Å². The van der Waals surface area contributed by atoms with Crippen LogP contribution in [0.4, 0.5) is 0 Å². The van der Waals surface area contributed by atoms with E-state index >= 15 is 0 Å². The van der Waals surface area contributed by atoms with Crippen molar-refractivity contribution in [2.75, 3.05) is 6.61 Å². The second-order valence-electron chi connectivity index (χ2n) is 10.3. The van der Waals surface area contributed by atoms with E-state index in [4.69, 9.17) is 14.0 Å². The molecule has 3 rings (SSSR count). The Kier molecular flexibility index (Phi) is 4.13. The first kappa shape index (κ1) is 18.8. The predicted molar refractivity (Wildman–Crippen MR) is 104 cm³/mol. The smallest absolute Gasteiger partial charge is 0.493 e. The molecule has 0 atom stereocenters. The fourth-order valence-electron chi connectivity index (χ4n) is 3.52. The molecule has 138 valence electrons. The fraction of sp³-hybridized carbons (Fsp3) is 0.714. The van der Waals surface area contributed by atoms with Gasteiger partial charge >= 0.3 is 7.12 Å². The van der Waals surface area contributed by atoms with Crippen LogP contribution in [-0.2, 0) is 20.1 Å². The quantitative estimate of drug-likeness (QED) is 0.709. The molecule has 1 aromatic carbocycles. The zero-order valence-corrected chi connectivity index (χ0v) is 17.4. The maximum atomic E-state index is 6.31. The molecule has 0 saturated carbocycles. The number of ether oxygens (including phenoxy) is 1. The lowest BCUT2D eigenvalue weighted by Gasteiger charge is -2.36. The first-order valence-electron chi connectivity index (χ1n) is 9.42. The van der Waals surface area contributed by atoms with Crippen LogP contribution in [-0.4, -0.2) is 24.9 Å². The molecule has 1 fully saturated rings. The first-order chi connectivity index (χ1) is 11.2. The summed E-state index contributed by atoms with van der Waals surface area (Å²) in [5.41, 5.74) is 3.03. The zero-order chi connectivity index (χ0) is 18.8. The Hall–Kier alpha value is -0.995. The second-order valence-corrected chi connectivity index (χ2v) is 10.3. The van der Waals surface area contributed by atoms with Crippen molar-refractivity contribution >= 4 is 12.6 Å². The van der Waals surface area contributed by atoms with Gasteiger partial charge in [-0.2, -0.15) is 0 Å². The van der Waals surface area contributed by atoms with Crippen LogP contribution >= 0.6 is 0 Å². The summed E-state index contributed by atoms with van der Waals surface area (Å²) >= 11 is 0. The number of hydrogen-bond donors (Lipinski definition) is 0. The monoisotopic (exact) mass is 344 g/mol. The second kappa shape index (κ2) is 5.50. The SMILES string of the molecule is CC(C)(C)c1cc(B2OC(C)(C)C(C)(C)O2)cc2c1OCCC2(C)C. The van der Waals surface area contributed by atoms with E-state index in [1.54, 1.807) is 0 Å². The van der Waals surface area contributed by atoms with Crippen molar-refractivity contribution < 1.29 is 14.0 Å². The number of rotatable bonds is 1. The molecule has 0 radical (unpaired) electrons. The number of hydrogen-bond acceptors (Lipinski definition) is 3. The highest BCUT2D eigenvalue weighted by Crippen LogP contribution is 2.44. The minimum absolute atomic E-state index is 0.00282. The Morgan fingerprint density at radius 1 is 0.920 bits per heavy atom. The number of fused-ring (bicyclic) bond motifs is 1. The van der Waals surface area contributed by atoms with E-state index < -0.39 is 0 Å². The molecule has 0 aliphatic carbocycles. The minimum atomic E-state index is -0.339. The largest absolute Gasteiger partial charge is 0.494 e. The molecular weight excluding hydrogens is 311 g/mol. The zero-order valence-electron chi connectivity index (χ0n) is 17.4. The van der Waals surface area contributed by atoms with Gasteiger partial charge < -0.3 is 14.0 Å². The molecule has 0 unspecified atom stereocenters. The lowest BCUT2D eigenvalue weighted by Crippen LogP contribution is -2.41. The Morgan fingerprint density at radius 3 is 2.00 bits per heavy atom. The van der Waals surface area contributed by atoms with Gasteiger partial charge in [-0.05, 0) is 61.5 Å². The summed E-state index contributed by atoms with van der Waals surface area (Å²) in [6.07, 6.45) is 1.02. The lowest BCUT2D eigenvalue weighted by molar-refractivity contribution is 0.00578. The molecule has 25 heavy (non-hydrogen) atoms. The predicted octanol–water partition coefficient (Wildman–Crippen LogP) is 4.34. The average molecular weight is 344 g/mol. The standard InChI is InChI=1S/C21H33BO3/c1-18(2,3)15-12-14(22-24-20(6,7)21(8,9)25-22)13-16-17(15)23-11-10-19(16,4)5/h12-13H,10-11H2,1-9H3. The van der Waals surface area contributed by atoms with E-state index in [0.717, 1.165) is 24.2 Å². The van der Waals surface area contributed by atoms with Gasteiger partial charge in [-0.15, -0.1) is 0 Å². The third kappa shape index (κ3) is 3.12. The van der Waals surface area contributed by atoms with E-state index in [1.165, 1.54) is 11.1 Å². The van der Waals surface area contributed by atoms with Gasteiger partial charge in [0.05, 0.1) is 17.8 Å². The summed E-state index contributed by atoms with van der Waals surface area (Å²) in [5.74, 6) is 1.06. The molecule has 1 saturated heterocycles. The summed E-state index contributed by atoms with van der Waals surface area (Å²) in [6.45, 7) is 20.5. The number of benzene rings is 1. The van der Waals surface area contributed by atoms with Crippen molar-refractivity contribution in [3.05, 3.63) is 23.3 Å². The van der Waals surface area contributed by atoms with Gasteiger partial charge in [-0.3, -0.25) is 0 Å². The molecule has 0 aromatic heterocycles. The molecule has 0 N–H and O–H groups in total. The van der Waals surface area contributed by atoms with Crippen molar-refractivity contribution in [2.45, 2.75) is 90.8 Å². The summed E-state index contributed by atoms with van der Waals surface area (Å²) in [4.78, 5) is 0. The molecule has 0 bridgehead atoms. The Morgan fingerprint density at radius 2 is 1.48 bits per heavy atom. The van der Waals surface area contributed by atoms with Crippen LogP contribution in [0.2, 0.25) is 0 Å². The highest BCUT2D eigenvalue weighted by molar-refractivity contribution is 6.62. The van der Waals surface area contributed by atoms with E-state index in [1.807, 2.05) is 0 Å². The summed E-state index contributed by atoms with van der Waals surface area (Å²) < 4.78 is 18.8. The molecule has 2 heterocycles. The molecule has 2 aliphatic rings. The molecule has 4 heteroatoms. The highest BCUT2D eigenvalue weighted by Gasteiger charge is 2.52. The normalized spacial score (nSPS) is 24.0. The third-order valence-corrected chi connectivity index (χ3v) is 6.15. The maximum Gasteiger partial charge on any atom is 0.494 e. The topological polar surface area (TPSA) is 27.7 Å². The van der Waals surface area contributed by atoms with Gasteiger partial charge in [-0.1, -0.05) is 46.8 Å². The van der Waals surface area contributed by atoms with Gasteiger partial charge in [0.1, 0.15) is 5.75 Å². The van der Waals surface area contributed by atoms with Gasteiger partial charge in [0, 0.05) is 0 Å². The molecule has 3 nitrogen and oxygen atoms in total. The summed E-state index contributed by atoms with van der Waals surface area (Å²) in [5, 5.41) is 0. The van der Waals surface area contributed by atoms with Crippen LogP contribution in [0, 0.1) is 0 Å². The first-order valence-corrected chi connectivity index (χ1v) is 9.42. The molecular formula is C21H33BO3. The van der Waals surface area contributed by atoms with Crippen LogP contribution in [0.3, 0.4) is 0 Å². The minimum Gasteiger partial charge on any atom is -0.493 e. The van der Waals surface area contributed by atoms with Crippen LogP contribution in [0.1, 0.15) is 79.9 Å². The summed E-state index contributed by atoms with van der Waals surface area (Å²) in [6, 6.07) is 4.47. The Balaban J connectivity index is 2.14. The Labute approximate surface area is 153 Å². The fourth-order valence-corrected chi connectivity index (χ4v) is 3.52. The van der Waals surface area contributed by atoms with Gasteiger partial charge in [0.15, 0.2) is 0 Å². The van der Waals surface area contributed by atoms with Crippen molar-refractivity contribution in [1.82, 2.24) is 0 Å². The van der Waals surface area contributed by atoms with Gasteiger partial charge in [-0.25, -0.2) is 0 Å². The van der Waals surface area contributed by atoms with E-state index in [0.29, 0.717) is 0 Å². The van der Waals surface area contributed by atoms with E-state index in [-0.39, 0.29) is 29.2 Å². The lowest BCUT2D eigenvalue weighted by atomic mass is 9.69. The van der Waals surface area contributed by atoms with Crippen molar-refractivity contribution in [2.24, 2.45) is 0 Å². The Bertz CT molecular complexity index is 650. The average Bonchev–Trinajstić information content (AvgIpc) is 2.65. The van der Waals surface area contributed by atoms with Gasteiger partial charge in [0.2, 0.25) is 0 Å². The van der Waals surface area contributed by atoms with E-state index in [2.05, 4.69) is 74.4 Å². The molecule has 0 spiro atoms. The van der Waals surface area contributed by atoms with Crippen LogP contribution in [0.15, 0.2) is 12.1 Å². The van der Waals surface area contributed by atoms with E-state index in [9.17, 15) is 0 Å². The molecule has 0 amide bonds. The third-order valence-electron chi connectivity index (χ3n) is 6.15. The van der Waals surface area contributed by atoms with Gasteiger partial charge in [0.25, 0.3) is 0 Å². The highest BCUT2D eigenvalue weighted by atomic mass is 16.7. The molecule has 1 aromatic rings.